The Hall–Kier alpha value is -0.413. The van der Waals surface area contributed by atoms with Crippen molar-refractivity contribution in [2.75, 3.05) is 0 Å². The quantitative estimate of drug-likeness (QED) is 0.444. The molecule has 2 saturated carbocycles. The first-order valence-corrected chi connectivity index (χ1v) is 13.9. The van der Waals surface area contributed by atoms with Gasteiger partial charge in [-0.15, -0.1) is 0 Å². The molecule has 0 aliphatic heterocycles. The van der Waals surface area contributed by atoms with E-state index in [9.17, 15) is 4.79 Å². The number of allylic oxidation sites excluding steroid dienone is 1. The Labute approximate surface area is 155 Å². The molecule has 142 valence electrons. The Morgan fingerprint density at radius 2 is 2.00 bits per heavy atom. The predicted octanol–water partition coefficient (Wildman–Crippen LogP) is 5.98. The van der Waals surface area contributed by atoms with Crippen LogP contribution in [0.1, 0.15) is 65.7 Å². The Morgan fingerprint density at radius 3 is 2.68 bits per heavy atom. The SMILES string of the molecule is C[C@H](C[C@@H]1C=C[C@](C)(O[Si](C)(C)C)C1)[C@H]1CCC2C(=O)CCC[C@]21C. The fourth-order valence-corrected chi connectivity index (χ4v) is 8.03. The summed E-state index contributed by atoms with van der Waals surface area (Å²) < 4.78 is 6.45. The van der Waals surface area contributed by atoms with Crippen LogP contribution in [-0.4, -0.2) is 19.7 Å². The minimum Gasteiger partial charge on any atom is -0.409 e. The fraction of sp³-hybridized carbons (Fsp3) is 0.864. The summed E-state index contributed by atoms with van der Waals surface area (Å²) in [7, 11) is -1.52. The highest BCUT2D eigenvalue weighted by Gasteiger charge is 2.52. The summed E-state index contributed by atoms with van der Waals surface area (Å²) in [6, 6.07) is 0. The molecule has 2 nitrogen and oxygen atoms in total. The minimum absolute atomic E-state index is 0.0578. The van der Waals surface area contributed by atoms with Crippen molar-refractivity contribution >= 4 is 14.1 Å². The van der Waals surface area contributed by atoms with Crippen molar-refractivity contribution in [3.8, 4) is 0 Å². The monoisotopic (exact) mass is 362 g/mol. The molecule has 0 amide bonds. The van der Waals surface area contributed by atoms with E-state index < -0.39 is 8.32 Å². The van der Waals surface area contributed by atoms with E-state index >= 15 is 0 Å². The number of ketones is 1. The first-order valence-electron chi connectivity index (χ1n) is 10.4. The molecular weight excluding hydrogens is 324 g/mol. The summed E-state index contributed by atoms with van der Waals surface area (Å²) in [6.45, 7) is 14.0. The van der Waals surface area contributed by atoms with E-state index in [0.717, 1.165) is 31.6 Å². The Kier molecular flexibility index (Phi) is 5.14. The van der Waals surface area contributed by atoms with Gasteiger partial charge in [0, 0.05) is 12.3 Å². The highest BCUT2D eigenvalue weighted by Crippen LogP contribution is 2.57. The van der Waals surface area contributed by atoms with Crippen molar-refractivity contribution in [1.82, 2.24) is 0 Å². The van der Waals surface area contributed by atoms with E-state index in [0.29, 0.717) is 23.5 Å². The molecule has 0 aromatic rings. The fourth-order valence-electron chi connectivity index (χ4n) is 6.48. The molecule has 0 N–H and O–H groups in total. The standard InChI is InChI=1S/C22H38O2Si/c1-16(14-17-11-13-21(2,15-17)24-25(4,5)6)18-9-10-19-20(23)8-7-12-22(18,19)3/h11,13,16-19H,7-10,12,14-15H2,1-6H3/t16-,17+,18-,19?,21+,22+/m1/s1. The topological polar surface area (TPSA) is 26.3 Å². The van der Waals surface area contributed by atoms with Gasteiger partial charge in [-0.25, -0.2) is 0 Å². The maximum absolute atomic E-state index is 12.4. The molecule has 0 aromatic heterocycles. The van der Waals surface area contributed by atoms with Gasteiger partial charge in [-0.3, -0.25) is 4.79 Å². The average molecular weight is 363 g/mol. The first-order chi connectivity index (χ1) is 11.5. The summed E-state index contributed by atoms with van der Waals surface area (Å²) >= 11 is 0. The summed E-state index contributed by atoms with van der Waals surface area (Å²) in [5.41, 5.74) is 0.215. The van der Waals surface area contributed by atoms with Crippen LogP contribution < -0.4 is 0 Å². The summed E-state index contributed by atoms with van der Waals surface area (Å²) in [5.74, 6) is 2.97. The maximum Gasteiger partial charge on any atom is 0.184 e. The molecule has 0 bridgehead atoms. The Morgan fingerprint density at radius 1 is 1.28 bits per heavy atom. The number of Topliss-reactive ketones (excluding diaryl/α,β-unsaturated/α-hetero) is 1. The molecular formula is C22H38O2Si. The lowest BCUT2D eigenvalue weighted by molar-refractivity contribution is -0.130. The van der Waals surface area contributed by atoms with Crippen LogP contribution in [0.25, 0.3) is 0 Å². The van der Waals surface area contributed by atoms with Crippen molar-refractivity contribution in [3.05, 3.63) is 12.2 Å². The van der Waals surface area contributed by atoms with Crippen molar-refractivity contribution in [2.45, 2.75) is 91.0 Å². The van der Waals surface area contributed by atoms with E-state index in [-0.39, 0.29) is 11.0 Å². The van der Waals surface area contributed by atoms with Crippen molar-refractivity contribution in [1.29, 1.82) is 0 Å². The molecule has 0 spiro atoms. The normalized spacial score (nSPS) is 42.6. The van der Waals surface area contributed by atoms with Crippen LogP contribution in [0.2, 0.25) is 19.6 Å². The largest absolute Gasteiger partial charge is 0.409 e. The summed E-state index contributed by atoms with van der Waals surface area (Å²) in [5, 5.41) is 0. The van der Waals surface area contributed by atoms with Gasteiger partial charge in [-0.05, 0) is 88.3 Å². The molecule has 1 unspecified atom stereocenters. The van der Waals surface area contributed by atoms with Crippen LogP contribution in [0.4, 0.5) is 0 Å². The average Bonchev–Trinajstić information content (AvgIpc) is 2.98. The van der Waals surface area contributed by atoms with Gasteiger partial charge in [0.05, 0.1) is 5.60 Å². The van der Waals surface area contributed by atoms with Crippen molar-refractivity contribution < 1.29 is 9.22 Å². The third-order valence-corrected chi connectivity index (χ3v) is 8.30. The lowest BCUT2D eigenvalue weighted by atomic mass is 9.61. The lowest BCUT2D eigenvalue weighted by Crippen LogP contribution is -2.40. The van der Waals surface area contributed by atoms with Gasteiger partial charge >= 0.3 is 0 Å². The van der Waals surface area contributed by atoms with Gasteiger partial charge in [0.25, 0.3) is 0 Å². The second kappa shape index (κ2) is 6.63. The van der Waals surface area contributed by atoms with Crippen LogP contribution in [0.5, 0.6) is 0 Å². The summed E-state index contributed by atoms with van der Waals surface area (Å²) in [6.07, 6.45) is 12.7. The van der Waals surface area contributed by atoms with E-state index in [2.05, 4.69) is 52.6 Å². The van der Waals surface area contributed by atoms with Crippen LogP contribution >= 0.6 is 0 Å². The number of hydrogen-bond donors (Lipinski definition) is 0. The van der Waals surface area contributed by atoms with E-state index in [1.807, 2.05) is 0 Å². The zero-order valence-corrected chi connectivity index (χ0v) is 18.2. The molecule has 3 aliphatic rings. The number of carbonyl (C=O) groups excluding carboxylic acids is 1. The van der Waals surface area contributed by atoms with Crippen LogP contribution in [-0.2, 0) is 9.22 Å². The van der Waals surface area contributed by atoms with E-state index in [1.165, 1.54) is 19.3 Å². The third-order valence-electron chi connectivity index (χ3n) is 7.23. The highest BCUT2D eigenvalue weighted by molar-refractivity contribution is 6.69. The molecule has 6 atom stereocenters. The van der Waals surface area contributed by atoms with Gasteiger partial charge in [0.15, 0.2) is 8.32 Å². The molecule has 25 heavy (non-hydrogen) atoms. The van der Waals surface area contributed by atoms with Gasteiger partial charge in [0.1, 0.15) is 5.78 Å². The lowest BCUT2D eigenvalue weighted by Gasteiger charge is -2.42. The van der Waals surface area contributed by atoms with E-state index in [4.69, 9.17) is 4.43 Å². The molecule has 3 rings (SSSR count). The molecule has 0 heterocycles. The number of carbonyl (C=O) groups is 1. The second-order valence-corrected chi connectivity index (χ2v) is 15.1. The smallest absolute Gasteiger partial charge is 0.184 e. The first kappa shape index (κ1) is 19.4. The molecule has 3 aliphatic carbocycles. The van der Waals surface area contributed by atoms with Crippen LogP contribution in [0.3, 0.4) is 0 Å². The Bertz CT molecular complexity index is 549. The van der Waals surface area contributed by atoms with Crippen LogP contribution in [0, 0.1) is 29.1 Å². The van der Waals surface area contributed by atoms with Gasteiger partial charge in [0.2, 0.25) is 0 Å². The summed E-state index contributed by atoms with van der Waals surface area (Å²) in [4.78, 5) is 12.4. The van der Waals surface area contributed by atoms with Crippen molar-refractivity contribution in [2.24, 2.45) is 29.1 Å². The van der Waals surface area contributed by atoms with Crippen LogP contribution in [0.15, 0.2) is 12.2 Å². The number of fused-ring (bicyclic) bond motifs is 1. The van der Waals surface area contributed by atoms with E-state index in [1.54, 1.807) is 0 Å². The van der Waals surface area contributed by atoms with Gasteiger partial charge < -0.3 is 4.43 Å². The maximum atomic E-state index is 12.4. The van der Waals surface area contributed by atoms with Gasteiger partial charge in [-0.2, -0.15) is 0 Å². The molecule has 2 fully saturated rings. The molecule has 3 heteroatoms. The number of hydrogen-bond acceptors (Lipinski definition) is 2. The second-order valence-electron chi connectivity index (χ2n) is 10.6. The highest BCUT2D eigenvalue weighted by atomic mass is 28.4. The van der Waals surface area contributed by atoms with Crippen molar-refractivity contribution in [3.63, 3.8) is 0 Å². The Balaban J connectivity index is 1.61. The molecule has 0 aromatic carbocycles. The number of rotatable bonds is 5. The molecule has 0 saturated heterocycles. The third kappa shape index (κ3) is 3.97. The predicted molar refractivity (Wildman–Crippen MR) is 107 cm³/mol. The minimum atomic E-state index is -1.52. The molecule has 0 radical (unpaired) electrons. The van der Waals surface area contributed by atoms with Gasteiger partial charge in [-0.1, -0.05) is 26.0 Å². The zero-order chi connectivity index (χ0) is 18.5. The zero-order valence-electron chi connectivity index (χ0n) is 17.2.